The van der Waals surface area contributed by atoms with E-state index >= 15 is 0 Å². The molecule has 0 radical (unpaired) electrons. The first-order valence-corrected chi connectivity index (χ1v) is 6.63. The number of hydrogen-bond donors (Lipinski definition) is 2. The number of nitrogens with one attached hydrogen (secondary N) is 1. The SMILES string of the molecule is Cc1ccc(C(C)NC(=O)Cc2ccc(C(=O)O)cc2)o1. The molecule has 1 aromatic carbocycles. The zero-order chi connectivity index (χ0) is 15.4. The lowest BCUT2D eigenvalue weighted by Crippen LogP contribution is -2.27. The lowest BCUT2D eigenvalue weighted by atomic mass is 10.1. The van der Waals surface area contributed by atoms with Gasteiger partial charge in [-0.15, -0.1) is 0 Å². The Morgan fingerprint density at radius 1 is 1.19 bits per heavy atom. The predicted molar refractivity (Wildman–Crippen MR) is 77.1 cm³/mol. The van der Waals surface area contributed by atoms with Gasteiger partial charge in [-0.3, -0.25) is 4.79 Å². The van der Waals surface area contributed by atoms with Gasteiger partial charge in [0.25, 0.3) is 0 Å². The number of amides is 1. The Bertz CT molecular complexity index is 643. The van der Waals surface area contributed by atoms with E-state index in [9.17, 15) is 9.59 Å². The fourth-order valence-electron chi connectivity index (χ4n) is 2.00. The molecule has 0 spiro atoms. The van der Waals surface area contributed by atoms with E-state index in [2.05, 4.69) is 5.32 Å². The number of furan rings is 1. The topological polar surface area (TPSA) is 79.5 Å². The lowest BCUT2D eigenvalue weighted by molar-refractivity contribution is -0.121. The number of carbonyl (C=O) groups is 2. The average molecular weight is 287 g/mol. The maximum Gasteiger partial charge on any atom is 0.335 e. The van der Waals surface area contributed by atoms with Crippen LogP contribution in [0.3, 0.4) is 0 Å². The van der Waals surface area contributed by atoms with Crippen molar-refractivity contribution in [1.82, 2.24) is 5.32 Å². The molecule has 2 aromatic rings. The molecule has 1 atom stereocenters. The Labute approximate surface area is 122 Å². The molecule has 0 saturated heterocycles. The van der Waals surface area contributed by atoms with Crippen molar-refractivity contribution in [2.45, 2.75) is 26.3 Å². The maximum atomic E-state index is 12.0. The van der Waals surface area contributed by atoms with Crippen molar-refractivity contribution >= 4 is 11.9 Å². The molecule has 0 aliphatic rings. The second-order valence-corrected chi connectivity index (χ2v) is 4.92. The normalized spacial score (nSPS) is 11.9. The molecule has 0 aliphatic carbocycles. The van der Waals surface area contributed by atoms with Gasteiger partial charge in [0.05, 0.1) is 18.0 Å². The Hall–Kier alpha value is -2.56. The highest BCUT2D eigenvalue weighted by molar-refractivity contribution is 5.87. The van der Waals surface area contributed by atoms with E-state index in [1.165, 1.54) is 12.1 Å². The van der Waals surface area contributed by atoms with Crippen LogP contribution < -0.4 is 5.32 Å². The molecular weight excluding hydrogens is 270 g/mol. The number of aryl methyl sites for hydroxylation is 1. The van der Waals surface area contributed by atoms with Gasteiger partial charge >= 0.3 is 5.97 Å². The molecule has 2 N–H and O–H groups in total. The molecule has 0 saturated carbocycles. The van der Waals surface area contributed by atoms with E-state index in [1.807, 2.05) is 26.0 Å². The largest absolute Gasteiger partial charge is 0.478 e. The number of carboxylic acids is 1. The summed E-state index contributed by atoms with van der Waals surface area (Å²) in [4.78, 5) is 22.7. The van der Waals surface area contributed by atoms with Crippen LogP contribution in [-0.2, 0) is 11.2 Å². The van der Waals surface area contributed by atoms with Crippen molar-refractivity contribution in [1.29, 1.82) is 0 Å². The summed E-state index contributed by atoms with van der Waals surface area (Å²) in [5.41, 5.74) is 0.971. The van der Waals surface area contributed by atoms with Crippen LogP contribution in [0.15, 0.2) is 40.8 Å². The third-order valence-corrected chi connectivity index (χ3v) is 3.13. The van der Waals surface area contributed by atoms with Crippen LogP contribution in [0.1, 0.15) is 40.4 Å². The van der Waals surface area contributed by atoms with Gasteiger partial charge < -0.3 is 14.8 Å². The standard InChI is InChI=1S/C16H17NO4/c1-10-3-8-14(21-10)11(2)17-15(18)9-12-4-6-13(7-5-12)16(19)20/h3-8,11H,9H2,1-2H3,(H,17,18)(H,19,20). The molecule has 1 aromatic heterocycles. The van der Waals surface area contributed by atoms with Crippen LogP contribution in [0, 0.1) is 6.92 Å². The second-order valence-electron chi connectivity index (χ2n) is 4.92. The fourth-order valence-corrected chi connectivity index (χ4v) is 2.00. The van der Waals surface area contributed by atoms with E-state index in [-0.39, 0.29) is 23.9 Å². The molecule has 0 bridgehead atoms. The Kier molecular flexibility index (Phi) is 4.42. The molecule has 2 rings (SSSR count). The average Bonchev–Trinajstić information content (AvgIpc) is 2.86. The number of hydrogen-bond acceptors (Lipinski definition) is 3. The van der Waals surface area contributed by atoms with Crippen LogP contribution in [0.4, 0.5) is 0 Å². The molecule has 5 nitrogen and oxygen atoms in total. The van der Waals surface area contributed by atoms with E-state index in [0.717, 1.165) is 11.3 Å². The molecule has 1 amide bonds. The summed E-state index contributed by atoms with van der Waals surface area (Å²) in [6.45, 7) is 3.70. The molecule has 21 heavy (non-hydrogen) atoms. The smallest absolute Gasteiger partial charge is 0.335 e. The molecule has 0 fully saturated rings. The highest BCUT2D eigenvalue weighted by atomic mass is 16.4. The first-order chi connectivity index (χ1) is 9.95. The molecule has 1 unspecified atom stereocenters. The van der Waals surface area contributed by atoms with Crippen LogP contribution in [-0.4, -0.2) is 17.0 Å². The van der Waals surface area contributed by atoms with Gasteiger partial charge in [-0.05, 0) is 43.7 Å². The second kappa shape index (κ2) is 6.26. The van der Waals surface area contributed by atoms with Gasteiger partial charge in [0.1, 0.15) is 11.5 Å². The van der Waals surface area contributed by atoms with Crippen molar-refractivity contribution in [3.05, 3.63) is 59.0 Å². The van der Waals surface area contributed by atoms with Crippen molar-refractivity contribution < 1.29 is 19.1 Å². The third kappa shape index (κ3) is 3.95. The minimum atomic E-state index is -0.979. The monoisotopic (exact) mass is 287 g/mol. The minimum Gasteiger partial charge on any atom is -0.478 e. The number of aromatic carboxylic acids is 1. The lowest BCUT2D eigenvalue weighted by Gasteiger charge is -2.11. The summed E-state index contributed by atoms with van der Waals surface area (Å²) in [6, 6.07) is 9.75. The molecule has 5 heteroatoms. The molecular formula is C16H17NO4. The van der Waals surface area contributed by atoms with E-state index < -0.39 is 5.97 Å². The number of carbonyl (C=O) groups excluding carboxylic acids is 1. The number of benzene rings is 1. The van der Waals surface area contributed by atoms with Gasteiger partial charge in [0, 0.05) is 0 Å². The van der Waals surface area contributed by atoms with Crippen LogP contribution >= 0.6 is 0 Å². The number of carboxylic acid groups (broad SMARTS) is 1. The molecule has 1 heterocycles. The van der Waals surface area contributed by atoms with Crippen LogP contribution in [0.5, 0.6) is 0 Å². The maximum absolute atomic E-state index is 12.0. The summed E-state index contributed by atoms with van der Waals surface area (Å²) < 4.78 is 5.46. The van der Waals surface area contributed by atoms with Crippen LogP contribution in [0.2, 0.25) is 0 Å². The zero-order valence-electron chi connectivity index (χ0n) is 11.9. The van der Waals surface area contributed by atoms with Gasteiger partial charge in [0.2, 0.25) is 5.91 Å². The van der Waals surface area contributed by atoms with E-state index in [4.69, 9.17) is 9.52 Å². The van der Waals surface area contributed by atoms with Crippen molar-refractivity contribution in [2.75, 3.05) is 0 Å². The summed E-state index contributed by atoms with van der Waals surface area (Å²) >= 11 is 0. The Balaban J connectivity index is 1.93. The summed E-state index contributed by atoms with van der Waals surface area (Å²) in [7, 11) is 0. The van der Waals surface area contributed by atoms with Crippen LogP contribution in [0.25, 0.3) is 0 Å². The first kappa shape index (κ1) is 14.8. The summed E-state index contributed by atoms with van der Waals surface area (Å²) in [5.74, 6) is 0.393. The molecule has 0 aliphatic heterocycles. The highest BCUT2D eigenvalue weighted by Crippen LogP contribution is 2.15. The Morgan fingerprint density at radius 2 is 1.86 bits per heavy atom. The quantitative estimate of drug-likeness (QED) is 0.886. The minimum absolute atomic E-state index is 0.139. The Morgan fingerprint density at radius 3 is 2.38 bits per heavy atom. The van der Waals surface area contributed by atoms with Gasteiger partial charge in [-0.1, -0.05) is 12.1 Å². The fraction of sp³-hybridized carbons (Fsp3) is 0.250. The summed E-state index contributed by atoms with van der Waals surface area (Å²) in [5, 5.41) is 11.7. The van der Waals surface area contributed by atoms with Gasteiger partial charge in [-0.2, -0.15) is 0 Å². The first-order valence-electron chi connectivity index (χ1n) is 6.63. The van der Waals surface area contributed by atoms with Crippen molar-refractivity contribution in [2.24, 2.45) is 0 Å². The van der Waals surface area contributed by atoms with Crippen molar-refractivity contribution in [3.8, 4) is 0 Å². The van der Waals surface area contributed by atoms with E-state index in [1.54, 1.807) is 12.1 Å². The van der Waals surface area contributed by atoms with Gasteiger partial charge in [0.15, 0.2) is 0 Å². The van der Waals surface area contributed by atoms with Crippen molar-refractivity contribution in [3.63, 3.8) is 0 Å². The van der Waals surface area contributed by atoms with E-state index in [0.29, 0.717) is 5.76 Å². The summed E-state index contributed by atoms with van der Waals surface area (Å²) in [6.07, 6.45) is 0.198. The number of rotatable bonds is 5. The third-order valence-electron chi connectivity index (χ3n) is 3.13. The van der Waals surface area contributed by atoms with Gasteiger partial charge in [-0.25, -0.2) is 4.79 Å². The predicted octanol–water partition coefficient (Wildman–Crippen LogP) is 2.71. The molecule has 110 valence electrons. The zero-order valence-corrected chi connectivity index (χ0v) is 11.9. The highest BCUT2D eigenvalue weighted by Gasteiger charge is 2.13.